The van der Waals surface area contributed by atoms with Gasteiger partial charge in [0.1, 0.15) is 17.3 Å². The van der Waals surface area contributed by atoms with Crippen molar-refractivity contribution in [2.45, 2.75) is 18.0 Å². The van der Waals surface area contributed by atoms with Gasteiger partial charge in [-0.25, -0.2) is 4.39 Å². The molecule has 2 aliphatic heterocycles. The highest BCUT2D eigenvalue weighted by atomic mass is 35.5. The van der Waals surface area contributed by atoms with E-state index in [1.54, 1.807) is 91.0 Å². The molecule has 196 valence electrons. The van der Waals surface area contributed by atoms with Crippen LogP contribution in [0, 0.1) is 11.2 Å². The van der Waals surface area contributed by atoms with Crippen LogP contribution in [-0.2, 0) is 0 Å². The van der Waals surface area contributed by atoms with Crippen molar-refractivity contribution in [2.75, 3.05) is 4.90 Å². The van der Waals surface area contributed by atoms with Crippen molar-refractivity contribution in [1.82, 2.24) is 0 Å². The van der Waals surface area contributed by atoms with Gasteiger partial charge in [0.2, 0.25) is 0 Å². The number of fused-ring (bicyclic) bond motifs is 5. The van der Waals surface area contributed by atoms with E-state index in [0.717, 1.165) is 0 Å². The van der Waals surface area contributed by atoms with Crippen molar-refractivity contribution in [3.63, 3.8) is 0 Å². The van der Waals surface area contributed by atoms with Crippen LogP contribution in [-0.4, -0.2) is 29.4 Å². The topological polar surface area (TPSA) is 54.5 Å². The van der Waals surface area contributed by atoms with Crippen molar-refractivity contribution in [1.29, 1.82) is 0 Å². The number of halogens is 3. The number of ketones is 3. The molecule has 0 bridgehead atoms. The van der Waals surface area contributed by atoms with Crippen LogP contribution in [0.3, 0.4) is 0 Å². The molecule has 0 amide bonds. The average Bonchev–Trinajstić information content (AvgIpc) is 3.39. The molecule has 1 aliphatic carbocycles. The zero-order chi connectivity index (χ0) is 27.8. The maximum absolute atomic E-state index is 14.6. The molecule has 0 radical (unpaired) electrons. The number of carbonyl (C=O) groups excluding carboxylic acids is 3. The summed E-state index contributed by atoms with van der Waals surface area (Å²) in [6, 6.07) is 22.9. The van der Waals surface area contributed by atoms with Crippen LogP contribution in [0.4, 0.5) is 10.1 Å². The predicted octanol–water partition coefficient (Wildman–Crippen LogP) is 7.45. The van der Waals surface area contributed by atoms with Crippen LogP contribution in [0.5, 0.6) is 0 Å². The highest BCUT2D eigenvalue weighted by Gasteiger charge is 2.71. The molecule has 0 aromatic heterocycles. The van der Waals surface area contributed by atoms with Crippen LogP contribution in [0.1, 0.15) is 48.1 Å². The van der Waals surface area contributed by atoms with Crippen molar-refractivity contribution in [3.8, 4) is 0 Å². The quantitative estimate of drug-likeness (QED) is 0.190. The number of carbonyl (C=O) groups is 3. The highest BCUT2D eigenvalue weighted by Crippen LogP contribution is 2.61. The summed E-state index contributed by atoms with van der Waals surface area (Å²) >= 11 is 12.4. The summed E-state index contributed by atoms with van der Waals surface area (Å²) in [4.78, 5) is 45.5. The molecule has 1 fully saturated rings. The summed E-state index contributed by atoms with van der Waals surface area (Å²) in [5.41, 5.74) is 1.21. The zero-order valence-corrected chi connectivity index (χ0v) is 22.4. The molecule has 7 heteroatoms. The SMILES string of the molecule is O=C(c1ccc(Cl)cc1)[C@@H]1[C@H](c2ccc(Cl)cc2)C2(C(=O)c3ccccc3C2=O)[C@H]2C=Cc3cc(F)ccc3N12. The first-order chi connectivity index (χ1) is 19.3. The standard InChI is InChI=1S/C33H20Cl2FNO3/c34-21-10-5-18(6-11-21)28-29(30(38)19-7-12-22(35)13-8-19)37-26-15-14-23(36)17-20(26)9-16-27(37)33(28)31(39)24-3-1-2-4-25(24)32(33)40/h1-17,27-29H/t27-,28+,29+/m1/s1. The Hall–Kier alpha value is -4.06. The first kappa shape index (κ1) is 24.9. The van der Waals surface area contributed by atoms with E-state index < -0.39 is 29.2 Å². The number of nitrogens with zero attached hydrogens (tertiary/aromatic N) is 1. The average molecular weight is 568 g/mol. The van der Waals surface area contributed by atoms with Gasteiger partial charge in [-0.05, 0) is 60.2 Å². The molecule has 0 unspecified atom stereocenters. The highest BCUT2D eigenvalue weighted by molar-refractivity contribution is 6.33. The third kappa shape index (κ3) is 3.34. The lowest BCUT2D eigenvalue weighted by molar-refractivity contribution is 0.0666. The predicted molar refractivity (Wildman–Crippen MR) is 153 cm³/mol. The van der Waals surface area contributed by atoms with E-state index in [0.29, 0.717) is 43.5 Å². The first-order valence-corrected chi connectivity index (χ1v) is 13.6. The Balaban J connectivity index is 1.54. The van der Waals surface area contributed by atoms with Crippen molar-refractivity contribution < 1.29 is 18.8 Å². The van der Waals surface area contributed by atoms with Gasteiger partial charge in [0, 0.05) is 43.9 Å². The molecule has 4 nitrogen and oxygen atoms in total. The fourth-order valence-electron chi connectivity index (χ4n) is 6.78. The van der Waals surface area contributed by atoms with Gasteiger partial charge < -0.3 is 4.90 Å². The Labute approximate surface area is 239 Å². The van der Waals surface area contributed by atoms with E-state index in [2.05, 4.69) is 0 Å². The number of anilines is 1. The normalized spacial score (nSPS) is 21.9. The van der Waals surface area contributed by atoms with E-state index in [1.165, 1.54) is 12.1 Å². The number of benzene rings is 4. The second-order valence-electron chi connectivity index (χ2n) is 10.3. The number of hydrogen-bond donors (Lipinski definition) is 0. The summed E-state index contributed by atoms with van der Waals surface area (Å²) in [6.45, 7) is 0. The Morgan fingerprint density at radius 2 is 1.40 bits per heavy atom. The number of hydrogen-bond acceptors (Lipinski definition) is 4. The molecule has 1 saturated heterocycles. The summed E-state index contributed by atoms with van der Waals surface area (Å²) < 4.78 is 14.3. The molecular weight excluding hydrogens is 548 g/mol. The summed E-state index contributed by atoms with van der Waals surface area (Å²) in [6.07, 6.45) is 3.50. The Bertz CT molecular complexity index is 1730. The zero-order valence-electron chi connectivity index (χ0n) is 20.9. The third-order valence-electron chi connectivity index (χ3n) is 8.39. The van der Waals surface area contributed by atoms with Crippen molar-refractivity contribution >= 4 is 52.3 Å². The molecule has 4 aromatic carbocycles. The van der Waals surface area contributed by atoms with Gasteiger partial charge in [-0.3, -0.25) is 14.4 Å². The van der Waals surface area contributed by atoms with Crippen molar-refractivity contribution in [2.24, 2.45) is 5.41 Å². The fraction of sp³-hybridized carbons (Fsp3) is 0.121. The van der Waals surface area contributed by atoms with Crippen LogP contribution in [0.15, 0.2) is 97.1 Å². The van der Waals surface area contributed by atoms with E-state index in [-0.39, 0.29) is 17.3 Å². The largest absolute Gasteiger partial charge is 0.352 e. The van der Waals surface area contributed by atoms with Crippen LogP contribution >= 0.6 is 23.2 Å². The van der Waals surface area contributed by atoms with Gasteiger partial charge in [-0.15, -0.1) is 0 Å². The van der Waals surface area contributed by atoms with Crippen LogP contribution in [0.25, 0.3) is 6.08 Å². The second kappa shape index (κ2) is 8.98. The molecule has 3 aliphatic rings. The maximum Gasteiger partial charge on any atom is 0.185 e. The molecule has 40 heavy (non-hydrogen) atoms. The summed E-state index contributed by atoms with van der Waals surface area (Å²) in [5.74, 6) is -2.23. The Morgan fingerprint density at radius 3 is 2.02 bits per heavy atom. The van der Waals surface area contributed by atoms with Gasteiger partial charge in [0.15, 0.2) is 17.3 Å². The fourth-order valence-corrected chi connectivity index (χ4v) is 7.03. The van der Waals surface area contributed by atoms with E-state index in [1.807, 2.05) is 4.90 Å². The smallest absolute Gasteiger partial charge is 0.185 e. The summed E-state index contributed by atoms with van der Waals surface area (Å²) in [7, 11) is 0. The maximum atomic E-state index is 14.6. The molecular formula is C33H20Cl2FNO3. The van der Waals surface area contributed by atoms with Crippen LogP contribution in [0.2, 0.25) is 10.0 Å². The van der Waals surface area contributed by atoms with E-state index >= 15 is 0 Å². The molecule has 1 spiro atoms. The van der Waals surface area contributed by atoms with E-state index in [9.17, 15) is 18.8 Å². The number of Topliss-reactive ketones (excluding diaryl/α,β-unsaturated/α-hetero) is 3. The molecule has 0 N–H and O–H groups in total. The lowest BCUT2D eigenvalue weighted by Crippen LogP contribution is -2.48. The minimum Gasteiger partial charge on any atom is -0.352 e. The van der Waals surface area contributed by atoms with Gasteiger partial charge in [0.25, 0.3) is 0 Å². The second-order valence-corrected chi connectivity index (χ2v) is 11.2. The van der Waals surface area contributed by atoms with E-state index in [4.69, 9.17) is 23.2 Å². The monoisotopic (exact) mass is 567 g/mol. The lowest BCUT2D eigenvalue weighted by atomic mass is 9.64. The lowest BCUT2D eigenvalue weighted by Gasteiger charge is -2.37. The molecule has 3 atom stereocenters. The van der Waals surface area contributed by atoms with Gasteiger partial charge in [-0.1, -0.05) is 71.8 Å². The summed E-state index contributed by atoms with van der Waals surface area (Å²) in [5, 5.41) is 0.965. The Kier molecular flexibility index (Phi) is 5.60. The van der Waals surface area contributed by atoms with Crippen molar-refractivity contribution in [3.05, 3.63) is 141 Å². The van der Waals surface area contributed by atoms with Crippen LogP contribution < -0.4 is 4.90 Å². The third-order valence-corrected chi connectivity index (χ3v) is 8.90. The first-order valence-electron chi connectivity index (χ1n) is 12.8. The molecule has 2 heterocycles. The van der Waals surface area contributed by atoms with Gasteiger partial charge in [-0.2, -0.15) is 0 Å². The van der Waals surface area contributed by atoms with Gasteiger partial charge in [0.05, 0.1) is 6.04 Å². The number of rotatable bonds is 3. The minimum absolute atomic E-state index is 0.277. The minimum atomic E-state index is -1.63. The van der Waals surface area contributed by atoms with Gasteiger partial charge >= 0.3 is 0 Å². The Morgan fingerprint density at radius 1 is 0.800 bits per heavy atom. The molecule has 7 rings (SSSR count). The molecule has 4 aromatic rings. The molecule has 0 saturated carbocycles.